The Morgan fingerprint density at radius 1 is 0.765 bits per heavy atom. The fourth-order valence-electron chi connectivity index (χ4n) is 3.76. The third kappa shape index (κ3) is 6.28. The minimum Gasteiger partial charge on any atom is -0.450 e. The smallest absolute Gasteiger partial charge is 0.338 e. The maximum Gasteiger partial charge on any atom is 0.338 e. The van der Waals surface area contributed by atoms with Crippen LogP contribution in [0, 0.1) is 0 Å². The van der Waals surface area contributed by atoms with E-state index in [2.05, 4.69) is 0 Å². The molecule has 1 fully saturated rings. The molecule has 0 bridgehead atoms. The Morgan fingerprint density at radius 2 is 1.32 bits per heavy atom. The molecule has 1 heterocycles. The molecule has 3 aromatic carbocycles. The molecule has 7 nitrogen and oxygen atoms in total. The van der Waals surface area contributed by atoms with Crippen LogP contribution in [0.3, 0.4) is 0 Å². The van der Waals surface area contributed by atoms with Crippen molar-refractivity contribution in [3.8, 4) is 0 Å². The van der Waals surface area contributed by atoms with Crippen molar-refractivity contribution in [2.24, 2.45) is 0 Å². The zero-order valence-corrected chi connectivity index (χ0v) is 18.6. The predicted octanol–water partition coefficient (Wildman–Crippen LogP) is 3.09. The lowest BCUT2D eigenvalue weighted by molar-refractivity contribution is -0.297. The van der Waals surface area contributed by atoms with Gasteiger partial charge >= 0.3 is 5.97 Å². The molecule has 0 radical (unpaired) electrons. The lowest BCUT2D eigenvalue weighted by Crippen LogP contribution is -2.60. The third-order valence-electron chi connectivity index (χ3n) is 5.57. The molecule has 0 saturated carbocycles. The lowest BCUT2D eigenvalue weighted by atomic mass is 9.98. The highest BCUT2D eigenvalue weighted by Crippen LogP contribution is 2.27. The van der Waals surface area contributed by atoms with Gasteiger partial charge in [-0.25, -0.2) is 4.79 Å². The fraction of sp³-hybridized carbons (Fsp3) is 0.296. The van der Waals surface area contributed by atoms with Crippen LogP contribution in [0.25, 0.3) is 0 Å². The molecule has 0 aliphatic carbocycles. The van der Waals surface area contributed by atoms with Crippen molar-refractivity contribution in [3.63, 3.8) is 0 Å². The van der Waals surface area contributed by atoms with Gasteiger partial charge in [0, 0.05) is 0 Å². The quantitative estimate of drug-likeness (QED) is 0.470. The minimum absolute atomic E-state index is 0.0255. The van der Waals surface area contributed by atoms with E-state index < -0.39 is 36.7 Å². The summed E-state index contributed by atoms with van der Waals surface area (Å²) in [6.07, 6.45) is -5.82. The monoisotopic (exact) mass is 464 g/mol. The van der Waals surface area contributed by atoms with Gasteiger partial charge in [-0.1, -0.05) is 78.9 Å². The first-order chi connectivity index (χ1) is 16.6. The molecule has 3 aromatic rings. The van der Waals surface area contributed by atoms with Gasteiger partial charge in [0.25, 0.3) is 0 Å². The van der Waals surface area contributed by atoms with E-state index in [4.69, 9.17) is 18.9 Å². The molecule has 0 unspecified atom stereocenters. The van der Waals surface area contributed by atoms with Crippen molar-refractivity contribution in [1.82, 2.24) is 0 Å². The van der Waals surface area contributed by atoms with Crippen LogP contribution in [0.4, 0.5) is 0 Å². The molecule has 2 N–H and O–H groups in total. The highest BCUT2D eigenvalue weighted by atomic mass is 16.7. The van der Waals surface area contributed by atoms with E-state index in [1.807, 2.05) is 60.7 Å². The summed E-state index contributed by atoms with van der Waals surface area (Å²) in [5, 5.41) is 21.7. The van der Waals surface area contributed by atoms with Gasteiger partial charge in [-0.3, -0.25) is 0 Å². The molecule has 5 atom stereocenters. The number of aliphatic hydroxyl groups is 2. The van der Waals surface area contributed by atoms with Crippen molar-refractivity contribution in [1.29, 1.82) is 0 Å². The van der Waals surface area contributed by atoms with Gasteiger partial charge in [-0.15, -0.1) is 0 Å². The first kappa shape index (κ1) is 24.1. The summed E-state index contributed by atoms with van der Waals surface area (Å²) in [7, 11) is 0. The summed E-state index contributed by atoms with van der Waals surface area (Å²) < 4.78 is 22.8. The molecule has 1 aliphatic rings. The number of carbonyl (C=O) groups excluding carboxylic acids is 1. The normalized spacial score (nSPS) is 24.5. The molecule has 178 valence electrons. The van der Waals surface area contributed by atoms with E-state index >= 15 is 0 Å². The van der Waals surface area contributed by atoms with Crippen LogP contribution in [0.1, 0.15) is 21.5 Å². The standard InChI is InChI=1S/C27H28O7/c28-23-22(18-31-16-19-10-4-1-5-11-19)33-27(30)25(34-26(29)21-14-8-3-9-15-21)24(23)32-17-20-12-6-2-7-13-20/h1-15,22-25,27-28,30H,16-18H2/t22-,23+,24+,25-,27-/m1/s1. The number of esters is 1. The number of carbonyl (C=O) groups is 1. The van der Waals surface area contributed by atoms with Crippen molar-refractivity contribution in [2.75, 3.05) is 6.61 Å². The van der Waals surface area contributed by atoms with Crippen molar-refractivity contribution in [2.45, 2.75) is 43.9 Å². The summed E-state index contributed by atoms with van der Waals surface area (Å²) in [6.45, 7) is 0.509. The molecule has 0 amide bonds. The minimum atomic E-state index is -1.50. The van der Waals surface area contributed by atoms with E-state index in [0.717, 1.165) is 11.1 Å². The molecule has 1 aliphatic heterocycles. The van der Waals surface area contributed by atoms with Gasteiger partial charge in [0.05, 0.1) is 25.4 Å². The number of rotatable bonds is 9. The highest BCUT2D eigenvalue weighted by Gasteiger charge is 2.48. The topological polar surface area (TPSA) is 94.5 Å². The Kier molecular flexibility index (Phi) is 8.41. The first-order valence-electron chi connectivity index (χ1n) is 11.2. The summed E-state index contributed by atoms with van der Waals surface area (Å²) in [5.41, 5.74) is 2.17. The van der Waals surface area contributed by atoms with Crippen LogP contribution in [-0.4, -0.2) is 53.5 Å². The summed E-state index contributed by atoms with van der Waals surface area (Å²) in [4.78, 5) is 12.6. The van der Waals surface area contributed by atoms with Crippen molar-refractivity contribution in [3.05, 3.63) is 108 Å². The van der Waals surface area contributed by atoms with E-state index in [0.29, 0.717) is 12.2 Å². The number of hydrogen-bond donors (Lipinski definition) is 2. The SMILES string of the molecule is O=C(O[C@@H]1[C@@H](OCc2ccccc2)[C@@H](O)[C@@H](COCc2ccccc2)O[C@H]1O)c1ccccc1. The second-order valence-corrected chi connectivity index (χ2v) is 8.05. The van der Waals surface area contributed by atoms with Crippen LogP contribution in [0.15, 0.2) is 91.0 Å². The van der Waals surface area contributed by atoms with Gasteiger partial charge in [0.2, 0.25) is 0 Å². The number of aliphatic hydroxyl groups excluding tert-OH is 2. The first-order valence-corrected chi connectivity index (χ1v) is 11.2. The van der Waals surface area contributed by atoms with E-state index in [1.165, 1.54) is 0 Å². The maximum atomic E-state index is 12.6. The Balaban J connectivity index is 1.45. The van der Waals surface area contributed by atoms with Gasteiger partial charge in [0.15, 0.2) is 12.4 Å². The molecule has 1 saturated heterocycles. The maximum absolute atomic E-state index is 12.6. The van der Waals surface area contributed by atoms with Crippen molar-refractivity contribution >= 4 is 5.97 Å². The largest absolute Gasteiger partial charge is 0.450 e. The Bertz CT molecular complexity index is 1010. The predicted molar refractivity (Wildman–Crippen MR) is 124 cm³/mol. The summed E-state index contributed by atoms with van der Waals surface area (Å²) >= 11 is 0. The van der Waals surface area contributed by atoms with Crippen LogP contribution in [0.5, 0.6) is 0 Å². The van der Waals surface area contributed by atoms with E-state index in [1.54, 1.807) is 30.3 Å². The fourth-order valence-corrected chi connectivity index (χ4v) is 3.76. The molecular weight excluding hydrogens is 436 g/mol. The Hall–Kier alpha value is -3.07. The molecule has 0 spiro atoms. The van der Waals surface area contributed by atoms with Crippen LogP contribution in [0.2, 0.25) is 0 Å². The van der Waals surface area contributed by atoms with E-state index in [-0.39, 0.29) is 13.2 Å². The van der Waals surface area contributed by atoms with Crippen LogP contribution in [-0.2, 0) is 32.2 Å². The molecule has 0 aromatic heterocycles. The average Bonchev–Trinajstić information content (AvgIpc) is 2.88. The average molecular weight is 465 g/mol. The van der Waals surface area contributed by atoms with Crippen molar-refractivity contribution < 1.29 is 34.0 Å². The van der Waals surface area contributed by atoms with Gasteiger partial charge < -0.3 is 29.2 Å². The summed E-state index contributed by atoms with van der Waals surface area (Å²) in [6, 6.07) is 27.4. The Morgan fingerprint density at radius 3 is 1.94 bits per heavy atom. The third-order valence-corrected chi connectivity index (χ3v) is 5.57. The number of ether oxygens (including phenoxy) is 4. The number of hydrogen-bond acceptors (Lipinski definition) is 7. The number of benzene rings is 3. The Labute approximate surface area is 198 Å². The van der Waals surface area contributed by atoms with E-state index in [9.17, 15) is 15.0 Å². The van der Waals surface area contributed by atoms with Crippen LogP contribution >= 0.6 is 0 Å². The second-order valence-electron chi connectivity index (χ2n) is 8.05. The molecule has 7 heteroatoms. The highest BCUT2D eigenvalue weighted by molar-refractivity contribution is 5.89. The summed E-state index contributed by atoms with van der Waals surface area (Å²) in [5.74, 6) is -0.646. The van der Waals surface area contributed by atoms with Gasteiger partial charge in [-0.05, 0) is 23.3 Å². The molecule has 4 rings (SSSR count). The zero-order valence-electron chi connectivity index (χ0n) is 18.6. The molecule has 34 heavy (non-hydrogen) atoms. The molecular formula is C27H28O7. The lowest BCUT2D eigenvalue weighted by Gasteiger charge is -2.42. The van der Waals surface area contributed by atoms with Gasteiger partial charge in [-0.2, -0.15) is 0 Å². The van der Waals surface area contributed by atoms with Crippen LogP contribution < -0.4 is 0 Å². The van der Waals surface area contributed by atoms with Gasteiger partial charge in [0.1, 0.15) is 18.3 Å². The zero-order chi connectivity index (χ0) is 23.8. The second kappa shape index (κ2) is 11.9.